The summed E-state index contributed by atoms with van der Waals surface area (Å²) in [7, 11) is 1.67. The van der Waals surface area contributed by atoms with Crippen LogP contribution in [0.3, 0.4) is 0 Å². The Balaban J connectivity index is 1.59. The van der Waals surface area contributed by atoms with Crippen LogP contribution in [0.1, 0.15) is 58.4 Å². The molecule has 1 fully saturated rings. The summed E-state index contributed by atoms with van der Waals surface area (Å²) < 4.78 is 22.9. The highest BCUT2D eigenvalue weighted by Crippen LogP contribution is 2.32. The first-order chi connectivity index (χ1) is 12.9. The van der Waals surface area contributed by atoms with Crippen molar-refractivity contribution >= 4 is 0 Å². The van der Waals surface area contributed by atoms with E-state index >= 15 is 0 Å². The van der Waals surface area contributed by atoms with E-state index in [1.807, 2.05) is 45.0 Å². The zero-order chi connectivity index (χ0) is 19.7. The van der Waals surface area contributed by atoms with Crippen molar-refractivity contribution in [3.05, 3.63) is 29.8 Å². The van der Waals surface area contributed by atoms with Crippen molar-refractivity contribution in [3.63, 3.8) is 0 Å². The van der Waals surface area contributed by atoms with Crippen molar-refractivity contribution in [2.45, 2.75) is 77.5 Å². The SMILES string of the molecule is COc1ccc(COCCCCC[C@@H]2C[C@@H]([C@H](C)CO)OC(C)(C)O2)cc1. The fourth-order valence-electron chi connectivity index (χ4n) is 3.46. The number of benzene rings is 1. The van der Waals surface area contributed by atoms with E-state index in [4.69, 9.17) is 18.9 Å². The lowest BCUT2D eigenvalue weighted by molar-refractivity contribution is -0.309. The summed E-state index contributed by atoms with van der Waals surface area (Å²) in [4.78, 5) is 0. The van der Waals surface area contributed by atoms with Crippen LogP contribution in [0.25, 0.3) is 0 Å². The van der Waals surface area contributed by atoms with Crippen molar-refractivity contribution in [2.75, 3.05) is 20.3 Å². The van der Waals surface area contributed by atoms with E-state index in [0.29, 0.717) is 6.61 Å². The Kier molecular flexibility index (Phi) is 9.03. The number of rotatable bonds is 11. The maximum Gasteiger partial charge on any atom is 0.163 e. The molecule has 0 radical (unpaired) electrons. The first-order valence-electron chi connectivity index (χ1n) is 10.1. The predicted octanol–water partition coefficient (Wildman–Crippen LogP) is 4.31. The first-order valence-corrected chi connectivity index (χ1v) is 10.1. The maximum atomic E-state index is 9.41. The Hall–Kier alpha value is -1.14. The minimum atomic E-state index is -0.571. The summed E-state index contributed by atoms with van der Waals surface area (Å²) in [5.41, 5.74) is 1.16. The molecule has 0 spiro atoms. The molecular formula is C22H36O5. The van der Waals surface area contributed by atoms with E-state index in [1.54, 1.807) is 7.11 Å². The van der Waals surface area contributed by atoms with Crippen molar-refractivity contribution in [2.24, 2.45) is 5.92 Å². The molecule has 0 aromatic heterocycles. The molecule has 1 aliphatic rings. The van der Waals surface area contributed by atoms with Crippen LogP contribution in [0.2, 0.25) is 0 Å². The number of aliphatic hydroxyl groups excluding tert-OH is 1. The second-order valence-corrected chi connectivity index (χ2v) is 7.94. The van der Waals surface area contributed by atoms with Gasteiger partial charge < -0.3 is 24.1 Å². The largest absolute Gasteiger partial charge is 0.497 e. The molecule has 3 atom stereocenters. The first kappa shape index (κ1) is 22.2. The molecule has 1 aromatic rings. The molecule has 0 amide bonds. The fraction of sp³-hybridized carbons (Fsp3) is 0.727. The molecule has 1 saturated heterocycles. The minimum Gasteiger partial charge on any atom is -0.497 e. The molecule has 5 nitrogen and oxygen atoms in total. The molecule has 0 saturated carbocycles. The number of aliphatic hydroxyl groups is 1. The van der Waals surface area contributed by atoms with E-state index in [2.05, 4.69) is 0 Å². The van der Waals surface area contributed by atoms with Gasteiger partial charge in [0.1, 0.15) is 5.75 Å². The van der Waals surface area contributed by atoms with Gasteiger partial charge in [0.2, 0.25) is 0 Å². The molecule has 1 heterocycles. The van der Waals surface area contributed by atoms with Gasteiger partial charge in [-0.2, -0.15) is 0 Å². The lowest BCUT2D eigenvalue weighted by Gasteiger charge is -2.42. The highest BCUT2D eigenvalue weighted by Gasteiger charge is 2.37. The van der Waals surface area contributed by atoms with Gasteiger partial charge in [0.25, 0.3) is 0 Å². The smallest absolute Gasteiger partial charge is 0.163 e. The highest BCUT2D eigenvalue weighted by molar-refractivity contribution is 5.26. The van der Waals surface area contributed by atoms with Gasteiger partial charge in [0.05, 0.1) is 25.9 Å². The van der Waals surface area contributed by atoms with Gasteiger partial charge in [-0.25, -0.2) is 0 Å². The lowest BCUT2D eigenvalue weighted by Crippen LogP contribution is -2.47. The molecule has 2 rings (SSSR count). The Labute approximate surface area is 164 Å². The van der Waals surface area contributed by atoms with E-state index < -0.39 is 5.79 Å². The third kappa shape index (κ3) is 7.78. The summed E-state index contributed by atoms with van der Waals surface area (Å²) in [5.74, 6) is 0.438. The van der Waals surface area contributed by atoms with Crippen molar-refractivity contribution in [1.82, 2.24) is 0 Å². The highest BCUT2D eigenvalue weighted by atomic mass is 16.7. The minimum absolute atomic E-state index is 0.0663. The normalized spacial score (nSPS) is 23.1. The van der Waals surface area contributed by atoms with Gasteiger partial charge in [0, 0.05) is 25.6 Å². The zero-order valence-corrected chi connectivity index (χ0v) is 17.3. The van der Waals surface area contributed by atoms with Gasteiger partial charge >= 0.3 is 0 Å². The van der Waals surface area contributed by atoms with Gasteiger partial charge in [0.15, 0.2) is 5.79 Å². The van der Waals surface area contributed by atoms with E-state index in [1.165, 1.54) is 0 Å². The second kappa shape index (κ2) is 11.0. The van der Waals surface area contributed by atoms with Crippen LogP contribution in [-0.4, -0.2) is 43.4 Å². The molecule has 27 heavy (non-hydrogen) atoms. The molecule has 0 unspecified atom stereocenters. The third-order valence-corrected chi connectivity index (χ3v) is 5.05. The third-order valence-electron chi connectivity index (χ3n) is 5.05. The van der Waals surface area contributed by atoms with E-state index in [-0.39, 0.29) is 24.7 Å². The van der Waals surface area contributed by atoms with Crippen molar-refractivity contribution < 1.29 is 24.1 Å². The van der Waals surface area contributed by atoms with Gasteiger partial charge in [-0.1, -0.05) is 31.9 Å². The topological polar surface area (TPSA) is 57.2 Å². The monoisotopic (exact) mass is 380 g/mol. The summed E-state index contributed by atoms with van der Waals surface area (Å²) in [6.45, 7) is 7.52. The van der Waals surface area contributed by atoms with Crippen LogP contribution in [-0.2, 0) is 20.8 Å². The molecule has 0 aliphatic carbocycles. The van der Waals surface area contributed by atoms with Crippen molar-refractivity contribution in [3.8, 4) is 5.75 Å². The Morgan fingerprint density at radius 1 is 1.15 bits per heavy atom. The number of ether oxygens (including phenoxy) is 4. The number of hydrogen-bond donors (Lipinski definition) is 1. The number of unbranched alkanes of at least 4 members (excludes halogenated alkanes) is 2. The van der Waals surface area contributed by atoms with Gasteiger partial charge in [-0.05, 0) is 44.4 Å². The van der Waals surface area contributed by atoms with Crippen LogP contribution < -0.4 is 4.74 Å². The van der Waals surface area contributed by atoms with Crippen LogP contribution in [0.5, 0.6) is 5.75 Å². The number of hydrogen-bond acceptors (Lipinski definition) is 5. The summed E-state index contributed by atoms with van der Waals surface area (Å²) >= 11 is 0. The summed E-state index contributed by atoms with van der Waals surface area (Å²) in [6, 6.07) is 7.98. The Morgan fingerprint density at radius 3 is 2.56 bits per heavy atom. The van der Waals surface area contributed by atoms with Gasteiger partial charge in [-0.3, -0.25) is 0 Å². The average molecular weight is 381 g/mol. The van der Waals surface area contributed by atoms with Crippen LogP contribution >= 0.6 is 0 Å². The van der Waals surface area contributed by atoms with Crippen LogP contribution in [0.4, 0.5) is 0 Å². The fourth-order valence-corrected chi connectivity index (χ4v) is 3.46. The molecular weight excluding hydrogens is 344 g/mol. The molecule has 1 aliphatic heterocycles. The second-order valence-electron chi connectivity index (χ2n) is 7.94. The standard InChI is InChI=1S/C22H36O5/c1-17(15-23)21-14-20(26-22(2,3)27-21)8-6-5-7-13-25-16-18-9-11-19(24-4)12-10-18/h9-12,17,20-21,23H,5-8,13-16H2,1-4H3/t17-,20-,21+/m1/s1. The summed E-state index contributed by atoms with van der Waals surface area (Å²) in [6.07, 6.45) is 5.46. The molecule has 1 N–H and O–H groups in total. The number of methoxy groups -OCH3 is 1. The quantitative estimate of drug-likeness (QED) is 0.580. The van der Waals surface area contributed by atoms with E-state index in [0.717, 1.165) is 50.0 Å². The van der Waals surface area contributed by atoms with Crippen molar-refractivity contribution in [1.29, 1.82) is 0 Å². The molecule has 154 valence electrons. The molecule has 0 bridgehead atoms. The summed E-state index contributed by atoms with van der Waals surface area (Å²) in [5, 5.41) is 9.41. The predicted molar refractivity (Wildman–Crippen MR) is 106 cm³/mol. The van der Waals surface area contributed by atoms with Crippen LogP contribution in [0.15, 0.2) is 24.3 Å². The maximum absolute atomic E-state index is 9.41. The lowest BCUT2D eigenvalue weighted by atomic mass is 9.95. The average Bonchev–Trinajstić information content (AvgIpc) is 2.65. The Bertz CT molecular complexity index is 528. The van der Waals surface area contributed by atoms with E-state index in [9.17, 15) is 5.11 Å². The molecule has 5 heteroatoms. The zero-order valence-electron chi connectivity index (χ0n) is 17.3. The van der Waals surface area contributed by atoms with Crippen LogP contribution in [0, 0.1) is 5.92 Å². The molecule has 1 aromatic carbocycles. The van der Waals surface area contributed by atoms with Gasteiger partial charge in [-0.15, -0.1) is 0 Å². The Morgan fingerprint density at radius 2 is 1.89 bits per heavy atom.